The number of hydrogen-bond acceptors (Lipinski definition) is 9. The van der Waals surface area contributed by atoms with Crippen LogP contribution < -0.4 is 33.8 Å². The average molecular weight is 708 g/mol. The minimum Gasteiger partial charge on any atom is -0.490 e. The van der Waals surface area contributed by atoms with Crippen molar-refractivity contribution in [1.29, 1.82) is 0 Å². The van der Waals surface area contributed by atoms with Crippen molar-refractivity contribution in [2.75, 3.05) is 26.9 Å². The van der Waals surface area contributed by atoms with E-state index in [9.17, 15) is 9.59 Å². The van der Waals surface area contributed by atoms with Gasteiger partial charge in [0.2, 0.25) is 0 Å². The summed E-state index contributed by atoms with van der Waals surface area (Å²) in [6, 6.07) is 16.5. The van der Waals surface area contributed by atoms with Gasteiger partial charge in [0.25, 0.3) is 5.56 Å². The molecule has 5 rings (SSSR count). The van der Waals surface area contributed by atoms with Crippen LogP contribution in [-0.2, 0) is 16.1 Å². The molecule has 240 valence electrons. The summed E-state index contributed by atoms with van der Waals surface area (Å²) in [6.45, 7) is 9.39. The highest BCUT2D eigenvalue weighted by Gasteiger charge is 2.31. The second-order valence-electron chi connectivity index (χ2n) is 10.3. The molecule has 1 aliphatic heterocycles. The number of ether oxygens (including phenoxy) is 5. The van der Waals surface area contributed by atoms with E-state index in [1.54, 1.807) is 18.2 Å². The van der Waals surface area contributed by atoms with Gasteiger partial charge in [0.15, 0.2) is 27.8 Å². The van der Waals surface area contributed by atoms with Crippen LogP contribution in [0.5, 0.6) is 23.0 Å². The molecule has 1 aromatic heterocycles. The Bertz CT molecular complexity index is 1950. The van der Waals surface area contributed by atoms with E-state index in [0.717, 1.165) is 11.1 Å². The number of hydrogen-bond donors (Lipinski definition) is 0. The van der Waals surface area contributed by atoms with Gasteiger partial charge in [-0.3, -0.25) is 9.36 Å². The first-order valence-corrected chi connectivity index (χ1v) is 16.5. The largest absolute Gasteiger partial charge is 0.490 e. The summed E-state index contributed by atoms with van der Waals surface area (Å²) in [6.07, 6.45) is 3.25. The third kappa shape index (κ3) is 7.05. The zero-order valence-corrected chi connectivity index (χ0v) is 28.7. The molecule has 0 saturated carbocycles. The minimum atomic E-state index is -0.788. The van der Waals surface area contributed by atoms with Crippen LogP contribution in [0.4, 0.5) is 0 Å². The van der Waals surface area contributed by atoms with Gasteiger partial charge in [-0.05, 0) is 90.7 Å². The van der Waals surface area contributed by atoms with Gasteiger partial charge < -0.3 is 23.7 Å². The number of benzene rings is 3. The normalized spacial score (nSPS) is 14.2. The van der Waals surface area contributed by atoms with Gasteiger partial charge in [0.1, 0.15) is 6.61 Å². The van der Waals surface area contributed by atoms with Crippen LogP contribution in [0.2, 0.25) is 0 Å². The molecule has 3 aromatic carbocycles. The molecule has 2 heterocycles. The summed E-state index contributed by atoms with van der Waals surface area (Å²) in [7, 11) is 1.30. The molecule has 46 heavy (non-hydrogen) atoms. The number of methoxy groups -OCH3 is 1. The third-order valence-electron chi connectivity index (χ3n) is 7.14. The molecule has 0 fully saturated rings. The number of esters is 1. The molecule has 9 nitrogen and oxygen atoms in total. The molecule has 0 aliphatic carbocycles. The van der Waals surface area contributed by atoms with E-state index in [1.807, 2.05) is 70.2 Å². The predicted molar refractivity (Wildman–Crippen MR) is 181 cm³/mol. The molecule has 0 amide bonds. The predicted octanol–water partition coefficient (Wildman–Crippen LogP) is 5.86. The maximum atomic E-state index is 14.1. The van der Waals surface area contributed by atoms with Crippen LogP contribution in [0, 0.1) is 6.92 Å². The summed E-state index contributed by atoms with van der Waals surface area (Å²) in [5.41, 5.74) is 3.52. The fourth-order valence-electron chi connectivity index (χ4n) is 5.05. The molecular weight excluding hydrogens is 672 g/mol. The number of rotatable bonds is 12. The minimum absolute atomic E-state index is 0.226. The topological polar surface area (TPSA) is 97.6 Å². The van der Waals surface area contributed by atoms with E-state index in [4.69, 9.17) is 23.7 Å². The zero-order chi connectivity index (χ0) is 32.8. The van der Waals surface area contributed by atoms with Gasteiger partial charge in [-0.25, -0.2) is 9.79 Å². The van der Waals surface area contributed by atoms with Crippen molar-refractivity contribution in [3.63, 3.8) is 0 Å². The second kappa shape index (κ2) is 14.8. The van der Waals surface area contributed by atoms with Gasteiger partial charge in [0, 0.05) is 6.20 Å². The van der Waals surface area contributed by atoms with Crippen LogP contribution in [0.25, 0.3) is 6.08 Å². The molecule has 4 aromatic rings. The quantitative estimate of drug-likeness (QED) is 0.170. The fourth-order valence-corrected chi connectivity index (χ4v) is 6.60. The molecule has 0 bridgehead atoms. The number of carbonyl (C=O) groups excluding carboxylic acids is 1. The average Bonchev–Trinajstić information content (AvgIpc) is 3.36. The lowest BCUT2D eigenvalue weighted by Gasteiger charge is -2.23. The van der Waals surface area contributed by atoms with Crippen LogP contribution in [0.3, 0.4) is 0 Å². The van der Waals surface area contributed by atoms with E-state index in [1.165, 1.54) is 34.8 Å². The molecule has 0 saturated heterocycles. The van der Waals surface area contributed by atoms with Crippen molar-refractivity contribution < 1.29 is 28.5 Å². The monoisotopic (exact) mass is 706 g/mol. The summed E-state index contributed by atoms with van der Waals surface area (Å²) in [4.78, 5) is 31.9. The smallest absolute Gasteiger partial charge is 0.337 e. The molecule has 0 spiro atoms. The highest BCUT2D eigenvalue weighted by Crippen LogP contribution is 2.38. The Morgan fingerprint density at radius 1 is 0.935 bits per heavy atom. The standard InChI is InChI=1S/C35H35BrN2O7S/c1-6-42-27-14-13-24(18-28(27)43-7-2)31-25(34(40)41-5)19-37-35-38(31)33(39)30(46-35)17-23-15-26(36)32(29(16-23)44-8-3)45-20-22-11-9-21(4)10-12-22/h9-19,31H,6-8,20H2,1-5H3/b30-17-/t31-/m1/s1. The Morgan fingerprint density at radius 3 is 2.33 bits per heavy atom. The number of halogens is 1. The van der Waals surface area contributed by atoms with Gasteiger partial charge >= 0.3 is 5.97 Å². The highest BCUT2D eigenvalue weighted by molar-refractivity contribution is 9.10. The first-order chi connectivity index (χ1) is 22.3. The Hall–Kier alpha value is -4.35. The van der Waals surface area contributed by atoms with Gasteiger partial charge in [0.05, 0.1) is 47.6 Å². The van der Waals surface area contributed by atoms with E-state index in [-0.39, 0.29) is 11.1 Å². The van der Waals surface area contributed by atoms with Crippen molar-refractivity contribution in [3.8, 4) is 23.0 Å². The lowest BCUT2D eigenvalue weighted by molar-refractivity contribution is -0.136. The van der Waals surface area contributed by atoms with Crippen molar-refractivity contribution in [2.45, 2.75) is 40.3 Å². The molecule has 1 aliphatic rings. The summed E-state index contributed by atoms with van der Waals surface area (Å²) >= 11 is 4.87. The van der Waals surface area contributed by atoms with Crippen molar-refractivity contribution in [3.05, 3.63) is 113 Å². The molecule has 11 heteroatoms. The first kappa shape index (κ1) is 33.0. The Labute approximate surface area is 279 Å². The van der Waals surface area contributed by atoms with Crippen LogP contribution >= 0.6 is 27.3 Å². The molecule has 0 radical (unpaired) electrons. The number of thiazole rings is 1. The van der Waals surface area contributed by atoms with E-state index < -0.39 is 12.0 Å². The van der Waals surface area contributed by atoms with Gasteiger partial charge in [-0.2, -0.15) is 0 Å². The number of carbonyl (C=O) groups is 1. The maximum absolute atomic E-state index is 14.1. The SMILES string of the molecule is CCOc1ccc([C@@H]2C(C(=O)OC)=CN=c3s/c(=C\c4cc(Br)c(OCc5ccc(C)cc5)c(OCC)c4)c(=O)n32)cc1OCC. The maximum Gasteiger partial charge on any atom is 0.337 e. The fraction of sp³-hybridized carbons (Fsp3) is 0.286. The lowest BCUT2D eigenvalue weighted by Crippen LogP contribution is -2.39. The summed E-state index contributed by atoms with van der Waals surface area (Å²) in [5.74, 6) is 1.63. The Balaban J connectivity index is 1.57. The second-order valence-corrected chi connectivity index (χ2v) is 12.1. The first-order valence-electron chi connectivity index (χ1n) is 14.9. The molecule has 1 atom stereocenters. The number of nitrogens with zero attached hydrogens (tertiary/aromatic N) is 2. The molecule has 0 N–H and O–H groups in total. The highest BCUT2D eigenvalue weighted by atomic mass is 79.9. The summed E-state index contributed by atoms with van der Waals surface area (Å²) in [5, 5.41) is 0. The summed E-state index contributed by atoms with van der Waals surface area (Å²) < 4.78 is 31.4. The van der Waals surface area contributed by atoms with Gasteiger partial charge in [-0.1, -0.05) is 47.2 Å². The van der Waals surface area contributed by atoms with Crippen molar-refractivity contribution in [2.24, 2.45) is 4.99 Å². The van der Waals surface area contributed by atoms with Crippen LogP contribution in [0.15, 0.2) is 80.6 Å². The molecule has 0 unspecified atom stereocenters. The van der Waals surface area contributed by atoms with E-state index in [0.29, 0.717) is 68.8 Å². The molecular formula is C35H35BrN2O7S. The number of aromatic nitrogens is 1. The van der Waals surface area contributed by atoms with Crippen molar-refractivity contribution >= 4 is 39.3 Å². The Kier molecular flexibility index (Phi) is 10.6. The Morgan fingerprint density at radius 2 is 1.63 bits per heavy atom. The van der Waals surface area contributed by atoms with Crippen LogP contribution in [-0.4, -0.2) is 37.5 Å². The third-order valence-corrected chi connectivity index (χ3v) is 8.73. The van der Waals surface area contributed by atoms with Gasteiger partial charge in [-0.15, -0.1) is 0 Å². The van der Waals surface area contributed by atoms with E-state index in [2.05, 4.69) is 20.9 Å². The number of fused-ring (bicyclic) bond motifs is 1. The van der Waals surface area contributed by atoms with Crippen LogP contribution in [0.1, 0.15) is 49.1 Å². The van der Waals surface area contributed by atoms with Crippen molar-refractivity contribution in [1.82, 2.24) is 4.57 Å². The van der Waals surface area contributed by atoms with E-state index >= 15 is 0 Å². The lowest BCUT2D eigenvalue weighted by atomic mass is 9.97. The zero-order valence-electron chi connectivity index (χ0n) is 26.3. The number of aryl methyl sites for hydroxylation is 1.